The summed E-state index contributed by atoms with van der Waals surface area (Å²) >= 11 is 0. The number of hydrogen-bond donors (Lipinski definition) is 2. The highest BCUT2D eigenvalue weighted by Crippen LogP contribution is 2.31. The van der Waals surface area contributed by atoms with E-state index in [9.17, 15) is 4.79 Å². The summed E-state index contributed by atoms with van der Waals surface area (Å²) in [5.74, 6) is 2.30. The highest BCUT2D eigenvalue weighted by atomic mass is 16.1. The number of carbonyl (C=O) groups is 1. The highest BCUT2D eigenvalue weighted by Gasteiger charge is 2.34. The summed E-state index contributed by atoms with van der Waals surface area (Å²) in [6.45, 7) is 3.99. The number of aromatic nitrogens is 2. The molecule has 3 N–H and O–H groups in total. The van der Waals surface area contributed by atoms with Crippen molar-refractivity contribution in [3.05, 3.63) is 11.9 Å². The molecular weight excluding hydrogens is 266 g/mol. The average molecular weight is 289 g/mol. The predicted molar refractivity (Wildman–Crippen MR) is 81.9 cm³/mol. The molecular formula is C15H23N5O. The van der Waals surface area contributed by atoms with Crippen LogP contribution in [-0.4, -0.2) is 35.0 Å². The quantitative estimate of drug-likeness (QED) is 0.871. The maximum absolute atomic E-state index is 11.5. The maximum atomic E-state index is 11.5. The molecule has 6 nitrogen and oxygen atoms in total. The molecule has 0 spiro atoms. The topological polar surface area (TPSA) is 84.1 Å². The first-order chi connectivity index (χ1) is 10.2. The molecule has 21 heavy (non-hydrogen) atoms. The lowest BCUT2D eigenvalue weighted by Gasteiger charge is -2.42. The molecule has 6 heteroatoms. The number of amides is 1. The van der Waals surface area contributed by atoms with Gasteiger partial charge in [0, 0.05) is 31.1 Å². The Morgan fingerprint density at radius 1 is 1.43 bits per heavy atom. The van der Waals surface area contributed by atoms with Gasteiger partial charge in [0.1, 0.15) is 18.0 Å². The number of rotatable bonds is 3. The number of fused-ring (bicyclic) bond motifs is 1. The van der Waals surface area contributed by atoms with Gasteiger partial charge in [-0.1, -0.05) is 13.3 Å². The van der Waals surface area contributed by atoms with Gasteiger partial charge in [0.05, 0.1) is 0 Å². The third kappa shape index (κ3) is 2.80. The monoisotopic (exact) mass is 289 g/mol. The van der Waals surface area contributed by atoms with Crippen molar-refractivity contribution in [3.63, 3.8) is 0 Å². The second-order valence-electron chi connectivity index (χ2n) is 6.02. The van der Waals surface area contributed by atoms with Gasteiger partial charge in [0.25, 0.3) is 0 Å². The average Bonchev–Trinajstić information content (AvgIpc) is 2.49. The maximum Gasteiger partial charge on any atom is 0.220 e. The smallest absolute Gasteiger partial charge is 0.220 e. The minimum Gasteiger partial charge on any atom is -0.383 e. The van der Waals surface area contributed by atoms with Crippen LogP contribution >= 0.6 is 0 Å². The summed E-state index contributed by atoms with van der Waals surface area (Å²) < 4.78 is 0. The third-order valence-corrected chi connectivity index (χ3v) is 4.58. The molecule has 2 unspecified atom stereocenters. The molecule has 2 aliphatic heterocycles. The van der Waals surface area contributed by atoms with E-state index in [0.29, 0.717) is 24.2 Å². The summed E-state index contributed by atoms with van der Waals surface area (Å²) in [5, 5.41) is 3.12. The summed E-state index contributed by atoms with van der Waals surface area (Å²) in [4.78, 5) is 22.4. The number of piperidine rings is 2. The van der Waals surface area contributed by atoms with Crippen molar-refractivity contribution in [2.75, 3.05) is 23.7 Å². The fourth-order valence-corrected chi connectivity index (χ4v) is 3.48. The zero-order valence-corrected chi connectivity index (χ0v) is 12.5. The minimum atomic E-state index is 0.197. The lowest BCUT2D eigenvalue weighted by atomic mass is 9.85. The van der Waals surface area contributed by atoms with E-state index in [1.54, 1.807) is 6.33 Å². The summed E-state index contributed by atoms with van der Waals surface area (Å²) in [6.07, 6.45) is 6.08. The number of nitrogen functional groups attached to an aromatic ring is 1. The van der Waals surface area contributed by atoms with Crippen LogP contribution in [0.3, 0.4) is 0 Å². The van der Waals surface area contributed by atoms with Crippen molar-refractivity contribution in [2.45, 2.75) is 45.1 Å². The molecule has 1 aromatic heterocycles. The summed E-state index contributed by atoms with van der Waals surface area (Å²) in [6, 6.07) is 0.330. The van der Waals surface area contributed by atoms with Crippen molar-refractivity contribution >= 4 is 17.5 Å². The van der Waals surface area contributed by atoms with Crippen LogP contribution in [0.1, 0.15) is 38.2 Å². The number of carbonyl (C=O) groups excluding carboxylic acids is 1. The van der Waals surface area contributed by atoms with Gasteiger partial charge in [-0.15, -0.1) is 0 Å². The Balaban J connectivity index is 1.79. The van der Waals surface area contributed by atoms with Crippen LogP contribution in [0, 0.1) is 5.92 Å². The molecule has 114 valence electrons. The van der Waals surface area contributed by atoms with Gasteiger partial charge in [0.2, 0.25) is 5.91 Å². The molecule has 2 fully saturated rings. The molecule has 2 atom stereocenters. The van der Waals surface area contributed by atoms with E-state index in [0.717, 1.165) is 50.2 Å². The van der Waals surface area contributed by atoms with E-state index in [1.165, 1.54) is 0 Å². The normalized spacial score (nSPS) is 25.4. The van der Waals surface area contributed by atoms with E-state index >= 15 is 0 Å². The van der Waals surface area contributed by atoms with Crippen LogP contribution in [0.15, 0.2) is 6.33 Å². The number of nitrogens with two attached hydrogens (primary N) is 1. The largest absolute Gasteiger partial charge is 0.383 e. The van der Waals surface area contributed by atoms with Gasteiger partial charge in [0.15, 0.2) is 0 Å². The Hall–Kier alpha value is -1.85. The Morgan fingerprint density at radius 3 is 3.10 bits per heavy atom. The number of nitrogens with one attached hydrogen (secondary N) is 1. The Bertz CT molecular complexity index is 533. The first kappa shape index (κ1) is 14.1. The van der Waals surface area contributed by atoms with Crippen LogP contribution in [0.25, 0.3) is 0 Å². The van der Waals surface area contributed by atoms with Crippen molar-refractivity contribution in [1.82, 2.24) is 15.3 Å². The van der Waals surface area contributed by atoms with Gasteiger partial charge >= 0.3 is 0 Å². The van der Waals surface area contributed by atoms with Crippen molar-refractivity contribution in [1.29, 1.82) is 0 Å². The van der Waals surface area contributed by atoms with E-state index in [4.69, 9.17) is 5.73 Å². The Kier molecular flexibility index (Phi) is 3.94. The Morgan fingerprint density at radius 2 is 2.29 bits per heavy atom. The minimum absolute atomic E-state index is 0.197. The summed E-state index contributed by atoms with van der Waals surface area (Å²) in [5.41, 5.74) is 7.10. The van der Waals surface area contributed by atoms with Crippen LogP contribution in [-0.2, 0) is 11.2 Å². The highest BCUT2D eigenvalue weighted by molar-refractivity contribution is 5.77. The lowest BCUT2D eigenvalue weighted by molar-refractivity contribution is -0.124. The van der Waals surface area contributed by atoms with Crippen LogP contribution in [0.5, 0.6) is 0 Å². The van der Waals surface area contributed by atoms with Gasteiger partial charge in [-0.2, -0.15) is 0 Å². The molecule has 2 saturated heterocycles. The number of hydrogen-bond acceptors (Lipinski definition) is 5. The zero-order valence-electron chi connectivity index (χ0n) is 12.5. The molecule has 1 amide bonds. The molecule has 0 saturated carbocycles. The van der Waals surface area contributed by atoms with Crippen LogP contribution < -0.4 is 16.0 Å². The Labute approximate surface area is 125 Å². The second kappa shape index (κ2) is 5.87. The van der Waals surface area contributed by atoms with Crippen LogP contribution in [0.2, 0.25) is 0 Å². The molecule has 0 radical (unpaired) electrons. The molecule has 3 heterocycles. The van der Waals surface area contributed by atoms with Gasteiger partial charge in [-0.05, 0) is 25.2 Å². The number of nitrogens with zero attached hydrogens (tertiary/aromatic N) is 3. The van der Waals surface area contributed by atoms with Crippen LogP contribution in [0.4, 0.5) is 11.6 Å². The van der Waals surface area contributed by atoms with E-state index in [1.807, 2.05) is 0 Å². The van der Waals surface area contributed by atoms with Gasteiger partial charge in [-0.25, -0.2) is 9.97 Å². The first-order valence-corrected chi connectivity index (χ1v) is 7.82. The van der Waals surface area contributed by atoms with E-state index < -0.39 is 0 Å². The lowest BCUT2D eigenvalue weighted by Crippen LogP contribution is -2.54. The molecule has 3 rings (SSSR count). The van der Waals surface area contributed by atoms with Gasteiger partial charge in [-0.3, -0.25) is 4.79 Å². The predicted octanol–water partition coefficient (Wildman–Crippen LogP) is 1.12. The molecule has 1 aromatic rings. The number of anilines is 2. The molecule has 2 aliphatic rings. The van der Waals surface area contributed by atoms with Crippen molar-refractivity contribution < 1.29 is 4.79 Å². The SMILES string of the molecule is CCCc1c(N)ncnc1N1CCC2NC(=O)CCC2C1. The molecule has 0 bridgehead atoms. The third-order valence-electron chi connectivity index (χ3n) is 4.58. The molecule has 0 aromatic carbocycles. The first-order valence-electron chi connectivity index (χ1n) is 7.82. The van der Waals surface area contributed by atoms with Gasteiger partial charge < -0.3 is 16.0 Å². The van der Waals surface area contributed by atoms with Crippen molar-refractivity contribution in [3.8, 4) is 0 Å². The fourth-order valence-electron chi connectivity index (χ4n) is 3.48. The zero-order chi connectivity index (χ0) is 14.8. The van der Waals surface area contributed by atoms with Crippen molar-refractivity contribution in [2.24, 2.45) is 5.92 Å². The standard InChI is InChI=1S/C15H23N5O/c1-2-3-11-14(16)17-9-18-15(11)20-7-6-12-10(8-20)4-5-13(21)19-12/h9-10,12H,2-8H2,1H3,(H,19,21)(H2,16,17,18). The molecule has 0 aliphatic carbocycles. The van der Waals surface area contributed by atoms with E-state index in [-0.39, 0.29) is 5.91 Å². The summed E-state index contributed by atoms with van der Waals surface area (Å²) in [7, 11) is 0. The second-order valence-corrected chi connectivity index (χ2v) is 6.02. The fraction of sp³-hybridized carbons (Fsp3) is 0.667. The van der Waals surface area contributed by atoms with E-state index in [2.05, 4.69) is 27.1 Å².